The van der Waals surface area contributed by atoms with Gasteiger partial charge in [0.05, 0.1) is 45.3 Å². The summed E-state index contributed by atoms with van der Waals surface area (Å²) in [4.78, 5) is 12.7. The van der Waals surface area contributed by atoms with Crippen LogP contribution in [0.25, 0.3) is 0 Å². The normalized spacial score (nSPS) is 10.4. The molecule has 1 amide bonds. The Morgan fingerprint density at radius 2 is 1.82 bits per heavy atom. The van der Waals surface area contributed by atoms with Crippen LogP contribution >= 0.6 is 0 Å². The van der Waals surface area contributed by atoms with Crippen LogP contribution in [0.3, 0.4) is 0 Å². The summed E-state index contributed by atoms with van der Waals surface area (Å²) in [6.45, 7) is 0.252. The Balaban J connectivity index is 1.79. The molecular formula is C20H20FN3O4. The Morgan fingerprint density at radius 3 is 2.50 bits per heavy atom. The molecule has 1 heterocycles. The third kappa shape index (κ3) is 3.90. The first-order valence-corrected chi connectivity index (χ1v) is 8.43. The van der Waals surface area contributed by atoms with E-state index in [1.165, 1.54) is 33.6 Å². The minimum Gasteiger partial charge on any atom is -0.493 e. The van der Waals surface area contributed by atoms with E-state index in [4.69, 9.17) is 14.2 Å². The maximum atomic E-state index is 13.8. The van der Waals surface area contributed by atoms with Crippen molar-refractivity contribution in [2.75, 3.05) is 26.6 Å². The van der Waals surface area contributed by atoms with Crippen molar-refractivity contribution in [1.82, 2.24) is 9.78 Å². The van der Waals surface area contributed by atoms with Crippen LogP contribution in [0.1, 0.15) is 15.9 Å². The number of rotatable bonds is 7. The van der Waals surface area contributed by atoms with E-state index in [0.29, 0.717) is 22.7 Å². The average Bonchev–Trinajstić information content (AvgIpc) is 3.15. The van der Waals surface area contributed by atoms with E-state index in [1.54, 1.807) is 41.2 Å². The molecule has 0 unspecified atom stereocenters. The fourth-order valence-electron chi connectivity index (χ4n) is 2.79. The van der Waals surface area contributed by atoms with Crippen LogP contribution in [0.2, 0.25) is 0 Å². The highest BCUT2D eigenvalue weighted by Gasteiger charge is 2.21. The molecule has 1 aromatic heterocycles. The summed E-state index contributed by atoms with van der Waals surface area (Å²) >= 11 is 0. The molecule has 1 N–H and O–H groups in total. The second kappa shape index (κ2) is 8.43. The second-order valence-electron chi connectivity index (χ2n) is 5.85. The zero-order chi connectivity index (χ0) is 20.1. The first-order valence-electron chi connectivity index (χ1n) is 8.43. The summed E-state index contributed by atoms with van der Waals surface area (Å²) < 4.78 is 31.2. The largest absolute Gasteiger partial charge is 0.493 e. The van der Waals surface area contributed by atoms with Crippen LogP contribution in [0.4, 0.5) is 10.1 Å². The molecule has 7 nitrogen and oxygen atoms in total. The Bertz CT molecular complexity index is 987. The number of halogens is 1. The third-order valence-corrected chi connectivity index (χ3v) is 4.13. The minimum atomic E-state index is -0.400. The number of amides is 1. The summed E-state index contributed by atoms with van der Waals surface area (Å²) in [6, 6.07) is 9.67. The molecule has 0 bridgehead atoms. The molecule has 0 aliphatic rings. The van der Waals surface area contributed by atoms with E-state index < -0.39 is 5.91 Å². The van der Waals surface area contributed by atoms with Gasteiger partial charge in [0.1, 0.15) is 5.82 Å². The van der Waals surface area contributed by atoms with Gasteiger partial charge in [0.2, 0.25) is 5.75 Å². The molecule has 146 valence electrons. The van der Waals surface area contributed by atoms with Crippen molar-refractivity contribution in [3.63, 3.8) is 0 Å². The molecule has 8 heteroatoms. The lowest BCUT2D eigenvalue weighted by molar-refractivity contribution is 0.102. The van der Waals surface area contributed by atoms with Gasteiger partial charge in [0.15, 0.2) is 11.5 Å². The number of benzene rings is 2. The lowest BCUT2D eigenvalue weighted by Gasteiger charge is -2.15. The van der Waals surface area contributed by atoms with E-state index in [2.05, 4.69) is 10.4 Å². The Morgan fingerprint density at radius 1 is 1.07 bits per heavy atom. The molecule has 0 spiro atoms. The molecule has 0 fully saturated rings. The number of ether oxygens (including phenoxy) is 3. The fourth-order valence-corrected chi connectivity index (χ4v) is 2.79. The van der Waals surface area contributed by atoms with Gasteiger partial charge >= 0.3 is 0 Å². The molecule has 0 aliphatic heterocycles. The van der Waals surface area contributed by atoms with E-state index in [-0.39, 0.29) is 23.7 Å². The molecule has 0 saturated carbocycles. The van der Waals surface area contributed by atoms with Gasteiger partial charge in [-0.25, -0.2) is 4.39 Å². The Kier molecular flexibility index (Phi) is 5.78. The highest BCUT2D eigenvalue weighted by atomic mass is 19.1. The van der Waals surface area contributed by atoms with Crippen LogP contribution in [-0.2, 0) is 6.54 Å². The van der Waals surface area contributed by atoms with Gasteiger partial charge in [-0.2, -0.15) is 5.10 Å². The van der Waals surface area contributed by atoms with Crippen molar-refractivity contribution in [2.45, 2.75) is 6.54 Å². The number of methoxy groups -OCH3 is 3. The quantitative estimate of drug-likeness (QED) is 0.675. The molecule has 3 aromatic rings. The second-order valence-corrected chi connectivity index (χ2v) is 5.85. The van der Waals surface area contributed by atoms with Gasteiger partial charge in [-0.3, -0.25) is 9.48 Å². The Labute approximate surface area is 161 Å². The van der Waals surface area contributed by atoms with Crippen molar-refractivity contribution in [1.29, 1.82) is 0 Å². The minimum absolute atomic E-state index is 0.252. The molecular weight excluding hydrogens is 365 g/mol. The number of carbonyl (C=O) groups excluding carboxylic acids is 1. The number of hydrogen-bond donors (Lipinski definition) is 1. The maximum absolute atomic E-state index is 13.8. The van der Waals surface area contributed by atoms with Crippen molar-refractivity contribution >= 4 is 11.6 Å². The lowest BCUT2D eigenvalue weighted by atomic mass is 10.1. The average molecular weight is 385 g/mol. The third-order valence-electron chi connectivity index (χ3n) is 4.13. The van der Waals surface area contributed by atoms with Crippen LogP contribution in [-0.4, -0.2) is 37.0 Å². The molecule has 0 radical (unpaired) electrons. The number of nitrogens with one attached hydrogen (secondary N) is 1. The van der Waals surface area contributed by atoms with Crippen molar-refractivity contribution in [2.24, 2.45) is 0 Å². The molecule has 3 rings (SSSR count). The first kappa shape index (κ1) is 19.2. The maximum Gasteiger partial charge on any atom is 0.259 e. The molecule has 2 aromatic carbocycles. The summed E-state index contributed by atoms with van der Waals surface area (Å²) in [5.41, 5.74) is 1.25. The van der Waals surface area contributed by atoms with Gasteiger partial charge < -0.3 is 19.5 Å². The van der Waals surface area contributed by atoms with Crippen molar-refractivity contribution in [3.05, 3.63) is 65.7 Å². The van der Waals surface area contributed by atoms with Crippen LogP contribution in [0.15, 0.2) is 48.8 Å². The highest BCUT2D eigenvalue weighted by Crippen LogP contribution is 2.39. The number of carbonyl (C=O) groups is 1. The van der Waals surface area contributed by atoms with Gasteiger partial charge in [0.25, 0.3) is 5.91 Å². The predicted octanol–water partition coefficient (Wildman–Crippen LogP) is 3.35. The predicted molar refractivity (Wildman–Crippen MR) is 102 cm³/mol. The fraction of sp³-hybridized carbons (Fsp3) is 0.200. The summed E-state index contributed by atoms with van der Waals surface area (Å²) in [6.07, 6.45) is 3.11. The molecule has 28 heavy (non-hydrogen) atoms. The SMILES string of the molecule is COc1ccc(C(=O)Nc2cnn(Cc3ccccc3F)c2)c(OC)c1OC. The van der Waals surface area contributed by atoms with Crippen molar-refractivity contribution < 1.29 is 23.4 Å². The van der Waals surface area contributed by atoms with Crippen LogP contribution in [0, 0.1) is 5.82 Å². The lowest BCUT2D eigenvalue weighted by Crippen LogP contribution is -2.13. The highest BCUT2D eigenvalue weighted by molar-refractivity contribution is 6.06. The van der Waals surface area contributed by atoms with Gasteiger partial charge in [-0.05, 0) is 18.2 Å². The molecule has 0 atom stereocenters. The van der Waals surface area contributed by atoms with E-state index >= 15 is 0 Å². The zero-order valence-electron chi connectivity index (χ0n) is 15.7. The van der Waals surface area contributed by atoms with E-state index in [1.807, 2.05) is 0 Å². The molecule has 0 saturated heterocycles. The number of nitrogens with zero attached hydrogens (tertiary/aromatic N) is 2. The summed E-state index contributed by atoms with van der Waals surface area (Å²) in [5, 5.41) is 6.91. The zero-order valence-corrected chi connectivity index (χ0v) is 15.7. The number of hydrogen-bond acceptors (Lipinski definition) is 5. The smallest absolute Gasteiger partial charge is 0.259 e. The van der Waals surface area contributed by atoms with Crippen LogP contribution in [0.5, 0.6) is 17.2 Å². The van der Waals surface area contributed by atoms with Gasteiger partial charge in [0, 0.05) is 11.8 Å². The van der Waals surface area contributed by atoms with Gasteiger partial charge in [-0.1, -0.05) is 18.2 Å². The summed E-state index contributed by atoms with van der Waals surface area (Å²) in [5.74, 6) is 0.335. The first-order chi connectivity index (χ1) is 13.6. The summed E-state index contributed by atoms with van der Waals surface area (Å²) in [7, 11) is 4.41. The Hall–Kier alpha value is -3.55. The monoisotopic (exact) mass is 385 g/mol. The molecule has 0 aliphatic carbocycles. The number of anilines is 1. The van der Waals surface area contributed by atoms with Gasteiger partial charge in [-0.15, -0.1) is 0 Å². The van der Waals surface area contributed by atoms with Crippen molar-refractivity contribution in [3.8, 4) is 17.2 Å². The number of aromatic nitrogens is 2. The van der Waals surface area contributed by atoms with Crippen LogP contribution < -0.4 is 19.5 Å². The van der Waals surface area contributed by atoms with E-state index in [9.17, 15) is 9.18 Å². The van der Waals surface area contributed by atoms with E-state index in [0.717, 1.165) is 0 Å². The standard InChI is InChI=1S/C20H20FN3O4/c1-26-17-9-8-15(18(27-2)19(17)28-3)20(25)23-14-10-22-24(12-14)11-13-6-4-5-7-16(13)21/h4-10,12H,11H2,1-3H3,(H,23,25). The topological polar surface area (TPSA) is 74.6 Å².